The third-order valence-electron chi connectivity index (χ3n) is 2.90. The highest BCUT2D eigenvalue weighted by Gasteiger charge is 2.05. The first kappa shape index (κ1) is 14.8. The van der Waals surface area contributed by atoms with Crippen molar-refractivity contribution in [2.45, 2.75) is 13.5 Å². The average Bonchev–Trinajstić information content (AvgIpc) is 2.41. The summed E-state index contributed by atoms with van der Waals surface area (Å²) in [6.45, 7) is 3.56. The van der Waals surface area contributed by atoms with Gasteiger partial charge in [0.25, 0.3) is 0 Å². The molecule has 4 heteroatoms. The molecule has 0 unspecified atom stereocenters. The van der Waals surface area contributed by atoms with Crippen LogP contribution in [0, 0.1) is 12.7 Å². The molecule has 0 bridgehead atoms. The van der Waals surface area contributed by atoms with Gasteiger partial charge >= 0.3 is 0 Å². The summed E-state index contributed by atoms with van der Waals surface area (Å²) in [6.07, 6.45) is 0. The molecule has 2 aromatic rings. The van der Waals surface area contributed by atoms with E-state index in [1.54, 1.807) is 12.1 Å². The molecule has 0 fully saturated rings. The highest BCUT2D eigenvalue weighted by Crippen LogP contribution is 2.18. The number of aryl methyl sites for hydroxylation is 1. The van der Waals surface area contributed by atoms with E-state index >= 15 is 0 Å². The summed E-state index contributed by atoms with van der Waals surface area (Å²) in [7, 11) is 0. The van der Waals surface area contributed by atoms with Crippen LogP contribution in [0.25, 0.3) is 0 Å². The minimum absolute atomic E-state index is 0.287. The van der Waals surface area contributed by atoms with Crippen LogP contribution >= 0.6 is 11.6 Å². The fourth-order valence-corrected chi connectivity index (χ4v) is 2.09. The van der Waals surface area contributed by atoms with Crippen molar-refractivity contribution in [3.8, 4) is 5.75 Å². The summed E-state index contributed by atoms with van der Waals surface area (Å²) in [6, 6.07) is 12.6. The van der Waals surface area contributed by atoms with Crippen LogP contribution in [0.3, 0.4) is 0 Å². The van der Waals surface area contributed by atoms with Gasteiger partial charge < -0.3 is 10.1 Å². The lowest BCUT2D eigenvalue weighted by molar-refractivity contribution is 0.313. The first-order valence-electron chi connectivity index (χ1n) is 6.50. The molecule has 2 aromatic carbocycles. The lowest BCUT2D eigenvalue weighted by Gasteiger charge is -2.09. The molecule has 0 saturated heterocycles. The Hall–Kier alpha value is -1.58. The molecule has 0 heterocycles. The first-order valence-corrected chi connectivity index (χ1v) is 6.87. The Morgan fingerprint density at radius 2 is 2.00 bits per heavy atom. The predicted molar refractivity (Wildman–Crippen MR) is 79.8 cm³/mol. The molecule has 0 aromatic heterocycles. The van der Waals surface area contributed by atoms with E-state index in [1.807, 2.05) is 31.2 Å². The van der Waals surface area contributed by atoms with Gasteiger partial charge in [-0.05, 0) is 36.8 Å². The standard InChI is InChI=1S/C16H17ClFNO/c1-12-4-2-5-13(10-12)20-9-8-19-11-14-15(17)6-3-7-16(14)18/h2-7,10,19H,8-9,11H2,1H3. The zero-order valence-electron chi connectivity index (χ0n) is 11.3. The van der Waals surface area contributed by atoms with Crippen molar-refractivity contribution in [1.82, 2.24) is 5.32 Å². The van der Waals surface area contributed by atoms with Crippen molar-refractivity contribution in [3.05, 3.63) is 64.4 Å². The van der Waals surface area contributed by atoms with Gasteiger partial charge in [0, 0.05) is 23.7 Å². The van der Waals surface area contributed by atoms with E-state index in [1.165, 1.54) is 6.07 Å². The second kappa shape index (κ2) is 7.27. The van der Waals surface area contributed by atoms with Gasteiger partial charge in [-0.25, -0.2) is 4.39 Å². The number of halogens is 2. The fraction of sp³-hybridized carbons (Fsp3) is 0.250. The molecule has 0 atom stereocenters. The quantitative estimate of drug-likeness (QED) is 0.814. The molecular weight excluding hydrogens is 277 g/mol. The van der Waals surface area contributed by atoms with Crippen LogP contribution in [-0.2, 0) is 6.54 Å². The summed E-state index contributed by atoms with van der Waals surface area (Å²) in [4.78, 5) is 0. The van der Waals surface area contributed by atoms with Gasteiger partial charge in [0.15, 0.2) is 0 Å². The van der Waals surface area contributed by atoms with Gasteiger partial charge in [0.1, 0.15) is 18.2 Å². The monoisotopic (exact) mass is 293 g/mol. The smallest absolute Gasteiger partial charge is 0.129 e. The summed E-state index contributed by atoms with van der Waals surface area (Å²) in [5.41, 5.74) is 1.65. The second-order valence-electron chi connectivity index (χ2n) is 4.54. The van der Waals surface area contributed by atoms with Crippen LogP contribution in [0.2, 0.25) is 5.02 Å². The third kappa shape index (κ3) is 4.22. The Kier molecular flexibility index (Phi) is 5.39. The molecule has 0 radical (unpaired) electrons. The SMILES string of the molecule is Cc1cccc(OCCNCc2c(F)cccc2Cl)c1. The number of hydrogen-bond donors (Lipinski definition) is 1. The highest BCUT2D eigenvalue weighted by molar-refractivity contribution is 6.31. The molecule has 0 spiro atoms. The molecule has 1 N–H and O–H groups in total. The van der Waals surface area contributed by atoms with E-state index in [0.29, 0.717) is 30.3 Å². The van der Waals surface area contributed by atoms with E-state index in [9.17, 15) is 4.39 Å². The first-order chi connectivity index (χ1) is 9.66. The van der Waals surface area contributed by atoms with Crippen molar-refractivity contribution in [3.63, 3.8) is 0 Å². The normalized spacial score (nSPS) is 10.6. The molecule has 0 aliphatic heterocycles. The Labute approximate surface area is 123 Å². The lowest BCUT2D eigenvalue weighted by Crippen LogP contribution is -2.21. The minimum Gasteiger partial charge on any atom is -0.492 e. The van der Waals surface area contributed by atoms with Gasteiger partial charge in [-0.2, -0.15) is 0 Å². The van der Waals surface area contributed by atoms with Crippen LogP contribution in [0.15, 0.2) is 42.5 Å². The zero-order valence-corrected chi connectivity index (χ0v) is 12.1. The fourth-order valence-electron chi connectivity index (χ4n) is 1.86. The number of hydrogen-bond acceptors (Lipinski definition) is 2. The predicted octanol–water partition coefficient (Wildman–Crippen LogP) is 3.96. The minimum atomic E-state index is -0.287. The molecule has 0 amide bonds. The van der Waals surface area contributed by atoms with Gasteiger partial charge in [0.2, 0.25) is 0 Å². The summed E-state index contributed by atoms with van der Waals surface area (Å²) in [5.74, 6) is 0.556. The topological polar surface area (TPSA) is 21.3 Å². The Balaban J connectivity index is 1.74. The van der Waals surface area contributed by atoms with Crippen molar-refractivity contribution in [2.24, 2.45) is 0 Å². The molecule has 2 nitrogen and oxygen atoms in total. The Morgan fingerprint density at radius 3 is 2.75 bits per heavy atom. The molecular formula is C16H17ClFNO. The van der Waals surface area contributed by atoms with Gasteiger partial charge in [-0.15, -0.1) is 0 Å². The van der Waals surface area contributed by atoms with E-state index < -0.39 is 0 Å². The average molecular weight is 294 g/mol. The maximum Gasteiger partial charge on any atom is 0.129 e. The molecule has 0 aliphatic rings. The van der Waals surface area contributed by atoms with Crippen LogP contribution < -0.4 is 10.1 Å². The number of nitrogens with one attached hydrogen (secondary N) is 1. The van der Waals surface area contributed by atoms with Crippen molar-refractivity contribution in [1.29, 1.82) is 0 Å². The van der Waals surface area contributed by atoms with Crippen LogP contribution in [-0.4, -0.2) is 13.2 Å². The van der Waals surface area contributed by atoms with E-state index in [-0.39, 0.29) is 5.82 Å². The van der Waals surface area contributed by atoms with Crippen LogP contribution in [0.1, 0.15) is 11.1 Å². The molecule has 0 saturated carbocycles. The van der Waals surface area contributed by atoms with Gasteiger partial charge in [-0.3, -0.25) is 0 Å². The summed E-state index contributed by atoms with van der Waals surface area (Å²) in [5, 5.41) is 3.56. The summed E-state index contributed by atoms with van der Waals surface area (Å²) >= 11 is 5.94. The molecule has 0 aliphatic carbocycles. The van der Waals surface area contributed by atoms with Crippen molar-refractivity contribution >= 4 is 11.6 Å². The number of rotatable bonds is 6. The van der Waals surface area contributed by atoms with Crippen molar-refractivity contribution in [2.75, 3.05) is 13.2 Å². The number of ether oxygens (including phenoxy) is 1. The summed E-state index contributed by atoms with van der Waals surface area (Å²) < 4.78 is 19.1. The van der Waals surface area contributed by atoms with E-state index in [4.69, 9.17) is 16.3 Å². The van der Waals surface area contributed by atoms with E-state index in [0.717, 1.165) is 11.3 Å². The molecule has 20 heavy (non-hydrogen) atoms. The van der Waals surface area contributed by atoms with Crippen LogP contribution in [0.5, 0.6) is 5.75 Å². The molecule has 106 valence electrons. The largest absolute Gasteiger partial charge is 0.492 e. The number of benzene rings is 2. The van der Waals surface area contributed by atoms with Crippen molar-refractivity contribution < 1.29 is 9.13 Å². The maximum atomic E-state index is 13.5. The Bertz CT molecular complexity index is 554. The second-order valence-corrected chi connectivity index (χ2v) is 4.95. The van der Waals surface area contributed by atoms with Gasteiger partial charge in [0.05, 0.1) is 0 Å². The van der Waals surface area contributed by atoms with E-state index in [2.05, 4.69) is 5.32 Å². The Morgan fingerprint density at radius 1 is 1.20 bits per heavy atom. The zero-order chi connectivity index (χ0) is 14.4. The van der Waals surface area contributed by atoms with Crippen LogP contribution in [0.4, 0.5) is 4.39 Å². The maximum absolute atomic E-state index is 13.5. The lowest BCUT2D eigenvalue weighted by atomic mass is 10.2. The highest BCUT2D eigenvalue weighted by atomic mass is 35.5. The van der Waals surface area contributed by atoms with Gasteiger partial charge in [-0.1, -0.05) is 29.8 Å². The third-order valence-corrected chi connectivity index (χ3v) is 3.25. The molecule has 2 rings (SSSR count).